The van der Waals surface area contributed by atoms with E-state index in [2.05, 4.69) is 10.2 Å². The zero-order valence-electron chi connectivity index (χ0n) is 11.7. The molecule has 1 aromatic rings. The van der Waals surface area contributed by atoms with Crippen molar-refractivity contribution in [1.82, 2.24) is 4.90 Å². The maximum atomic E-state index is 10.8. The average Bonchev–Trinajstić information content (AvgIpc) is 3.26. The molecular weight excluding hydrogens is 252 g/mol. The van der Waals surface area contributed by atoms with E-state index >= 15 is 0 Å². The van der Waals surface area contributed by atoms with Gasteiger partial charge in [-0.1, -0.05) is 0 Å². The molecule has 0 spiro atoms. The van der Waals surface area contributed by atoms with E-state index in [-0.39, 0.29) is 0 Å². The summed E-state index contributed by atoms with van der Waals surface area (Å²) in [6, 6.07) is 7.56. The first-order valence-corrected chi connectivity index (χ1v) is 7.53. The van der Waals surface area contributed by atoms with E-state index in [1.54, 1.807) is 12.1 Å². The number of rotatable bonds is 5. The van der Waals surface area contributed by atoms with Crippen LogP contribution in [0.15, 0.2) is 24.3 Å². The number of carboxylic acid groups (broad SMARTS) is 1. The van der Waals surface area contributed by atoms with Crippen LogP contribution in [-0.4, -0.2) is 41.7 Å². The summed E-state index contributed by atoms with van der Waals surface area (Å²) in [6.07, 6.45) is 5.20. The minimum absolute atomic E-state index is 0.342. The van der Waals surface area contributed by atoms with Crippen molar-refractivity contribution in [2.24, 2.45) is 5.92 Å². The van der Waals surface area contributed by atoms with Crippen molar-refractivity contribution in [1.29, 1.82) is 0 Å². The van der Waals surface area contributed by atoms with Gasteiger partial charge in [-0.15, -0.1) is 0 Å². The Morgan fingerprint density at radius 1 is 1.15 bits per heavy atom. The molecule has 1 aromatic carbocycles. The fraction of sp³-hybridized carbons (Fsp3) is 0.562. The van der Waals surface area contributed by atoms with E-state index in [4.69, 9.17) is 5.11 Å². The summed E-state index contributed by atoms with van der Waals surface area (Å²) < 4.78 is 0. The monoisotopic (exact) mass is 274 g/mol. The molecule has 2 aliphatic rings. The molecule has 20 heavy (non-hydrogen) atoms. The number of hydrogen-bond donors (Lipinski definition) is 2. The van der Waals surface area contributed by atoms with E-state index in [1.165, 1.54) is 45.3 Å². The molecule has 1 saturated carbocycles. The Bertz CT molecular complexity index is 460. The average molecular weight is 274 g/mol. The van der Waals surface area contributed by atoms with Crippen LogP contribution in [0.2, 0.25) is 0 Å². The van der Waals surface area contributed by atoms with Crippen LogP contribution in [0.3, 0.4) is 0 Å². The van der Waals surface area contributed by atoms with Gasteiger partial charge in [0.15, 0.2) is 0 Å². The van der Waals surface area contributed by atoms with Crippen LogP contribution in [0.25, 0.3) is 0 Å². The lowest BCUT2D eigenvalue weighted by Gasteiger charge is -2.32. The molecule has 2 fully saturated rings. The van der Waals surface area contributed by atoms with E-state index in [1.807, 2.05) is 12.1 Å². The van der Waals surface area contributed by atoms with Crippen molar-refractivity contribution in [2.75, 3.05) is 25.0 Å². The SMILES string of the molecule is O=C(O)c1ccc(NC2CCN(CC3CC3)CC2)cc1. The van der Waals surface area contributed by atoms with Gasteiger partial charge in [-0.3, -0.25) is 0 Å². The third-order valence-corrected chi connectivity index (χ3v) is 4.30. The lowest BCUT2D eigenvalue weighted by molar-refractivity contribution is 0.0697. The Labute approximate surface area is 119 Å². The molecule has 0 aromatic heterocycles. The highest BCUT2D eigenvalue weighted by Crippen LogP contribution is 2.30. The van der Waals surface area contributed by atoms with E-state index in [0.717, 1.165) is 11.6 Å². The minimum atomic E-state index is -0.870. The van der Waals surface area contributed by atoms with Gasteiger partial charge in [0.2, 0.25) is 0 Å². The summed E-state index contributed by atoms with van der Waals surface area (Å²) in [5, 5.41) is 12.4. The van der Waals surface area contributed by atoms with Crippen LogP contribution in [0.5, 0.6) is 0 Å². The summed E-state index contributed by atoms with van der Waals surface area (Å²) >= 11 is 0. The Hall–Kier alpha value is -1.55. The zero-order chi connectivity index (χ0) is 13.9. The summed E-state index contributed by atoms with van der Waals surface area (Å²) in [5.41, 5.74) is 1.37. The molecule has 0 amide bonds. The first kappa shape index (κ1) is 13.4. The zero-order valence-corrected chi connectivity index (χ0v) is 11.7. The molecule has 0 unspecified atom stereocenters. The summed E-state index contributed by atoms with van der Waals surface area (Å²) in [7, 11) is 0. The lowest BCUT2D eigenvalue weighted by atomic mass is 10.0. The highest BCUT2D eigenvalue weighted by molar-refractivity contribution is 5.87. The molecular formula is C16H22N2O2. The molecule has 3 rings (SSSR count). The van der Waals surface area contributed by atoms with Gasteiger partial charge in [-0.25, -0.2) is 4.79 Å². The Balaban J connectivity index is 1.47. The summed E-state index contributed by atoms with van der Waals surface area (Å²) in [5.74, 6) is 0.105. The van der Waals surface area contributed by atoms with E-state index in [9.17, 15) is 4.79 Å². The third kappa shape index (κ3) is 3.51. The Morgan fingerprint density at radius 2 is 1.80 bits per heavy atom. The summed E-state index contributed by atoms with van der Waals surface area (Å²) in [6.45, 7) is 3.66. The predicted molar refractivity (Wildman–Crippen MR) is 79.2 cm³/mol. The van der Waals surface area contributed by atoms with Crippen molar-refractivity contribution >= 4 is 11.7 Å². The Kier molecular flexibility index (Phi) is 3.92. The van der Waals surface area contributed by atoms with Gasteiger partial charge in [0.1, 0.15) is 0 Å². The number of nitrogens with zero attached hydrogens (tertiary/aromatic N) is 1. The maximum absolute atomic E-state index is 10.8. The van der Waals surface area contributed by atoms with Crippen LogP contribution in [0, 0.1) is 5.92 Å². The molecule has 1 saturated heterocycles. The quantitative estimate of drug-likeness (QED) is 0.866. The number of carbonyl (C=O) groups is 1. The summed E-state index contributed by atoms with van der Waals surface area (Å²) in [4.78, 5) is 13.4. The van der Waals surface area contributed by atoms with E-state index < -0.39 is 5.97 Å². The third-order valence-electron chi connectivity index (χ3n) is 4.30. The minimum Gasteiger partial charge on any atom is -0.478 e. The maximum Gasteiger partial charge on any atom is 0.335 e. The number of nitrogens with one attached hydrogen (secondary N) is 1. The molecule has 0 atom stereocenters. The van der Waals surface area contributed by atoms with Crippen LogP contribution >= 0.6 is 0 Å². The van der Waals surface area contributed by atoms with Gasteiger partial charge in [-0.2, -0.15) is 0 Å². The molecule has 108 valence electrons. The number of hydrogen-bond acceptors (Lipinski definition) is 3. The fourth-order valence-electron chi connectivity index (χ4n) is 2.87. The van der Waals surface area contributed by atoms with Crippen molar-refractivity contribution in [3.63, 3.8) is 0 Å². The lowest BCUT2D eigenvalue weighted by Crippen LogP contribution is -2.40. The van der Waals surface area contributed by atoms with Crippen molar-refractivity contribution in [2.45, 2.75) is 31.7 Å². The number of benzene rings is 1. The number of anilines is 1. The largest absolute Gasteiger partial charge is 0.478 e. The number of carboxylic acids is 1. The van der Waals surface area contributed by atoms with Crippen LogP contribution in [0.1, 0.15) is 36.0 Å². The van der Waals surface area contributed by atoms with Gasteiger partial charge in [0.25, 0.3) is 0 Å². The molecule has 4 nitrogen and oxygen atoms in total. The number of piperidine rings is 1. The second-order valence-electron chi connectivity index (χ2n) is 6.05. The molecule has 4 heteroatoms. The number of likely N-dealkylation sites (tertiary alicyclic amines) is 1. The van der Waals surface area contributed by atoms with Gasteiger partial charge in [0, 0.05) is 31.4 Å². The van der Waals surface area contributed by atoms with Gasteiger partial charge in [-0.05, 0) is 55.9 Å². The molecule has 1 heterocycles. The predicted octanol–water partition coefficient (Wildman–Crippen LogP) is 2.67. The van der Waals surface area contributed by atoms with Gasteiger partial charge >= 0.3 is 5.97 Å². The smallest absolute Gasteiger partial charge is 0.335 e. The van der Waals surface area contributed by atoms with Crippen LogP contribution in [-0.2, 0) is 0 Å². The molecule has 1 aliphatic heterocycles. The fourth-order valence-corrected chi connectivity index (χ4v) is 2.87. The molecule has 0 bridgehead atoms. The number of aromatic carboxylic acids is 1. The molecule has 0 radical (unpaired) electrons. The van der Waals surface area contributed by atoms with Crippen molar-refractivity contribution < 1.29 is 9.90 Å². The molecule has 1 aliphatic carbocycles. The van der Waals surface area contributed by atoms with Gasteiger partial charge in [0.05, 0.1) is 5.56 Å². The Morgan fingerprint density at radius 3 is 2.35 bits per heavy atom. The van der Waals surface area contributed by atoms with Crippen LogP contribution < -0.4 is 5.32 Å². The normalized spacial score (nSPS) is 20.8. The van der Waals surface area contributed by atoms with Crippen LogP contribution in [0.4, 0.5) is 5.69 Å². The first-order chi connectivity index (χ1) is 9.70. The second-order valence-corrected chi connectivity index (χ2v) is 6.05. The highest BCUT2D eigenvalue weighted by Gasteiger charge is 2.26. The molecule has 2 N–H and O–H groups in total. The first-order valence-electron chi connectivity index (χ1n) is 7.53. The van der Waals surface area contributed by atoms with Gasteiger partial charge < -0.3 is 15.3 Å². The standard InChI is InChI=1S/C16H22N2O2/c19-16(20)13-3-5-14(6-4-13)17-15-7-9-18(10-8-15)11-12-1-2-12/h3-6,12,15,17H,1-2,7-11H2,(H,19,20). The van der Waals surface area contributed by atoms with E-state index in [0.29, 0.717) is 11.6 Å². The highest BCUT2D eigenvalue weighted by atomic mass is 16.4. The van der Waals surface area contributed by atoms with Crippen molar-refractivity contribution in [3.8, 4) is 0 Å². The topological polar surface area (TPSA) is 52.6 Å². The van der Waals surface area contributed by atoms with Crippen molar-refractivity contribution in [3.05, 3.63) is 29.8 Å². The second kappa shape index (κ2) is 5.83.